The molecule has 0 N–H and O–H groups in total. The maximum absolute atomic E-state index is 12.6. The molecule has 144 valence electrons. The third kappa shape index (κ3) is 3.52. The molecule has 0 radical (unpaired) electrons. The van der Waals surface area contributed by atoms with Gasteiger partial charge in [-0.25, -0.2) is 9.97 Å². The number of hydrogen-bond donors (Lipinski definition) is 0. The summed E-state index contributed by atoms with van der Waals surface area (Å²) in [6.45, 7) is 7.15. The van der Waals surface area contributed by atoms with E-state index in [4.69, 9.17) is 4.52 Å². The smallest absolute Gasteiger partial charge is 0.255 e. The first-order chi connectivity index (χ1) is 13.5. The van der Waals surface area contributed by atoms with Crippen LogP contribution in [0, 0.1) is 20.8 Å². The zero-order valence-corrected chi connectivity index (χ0v) is 16.3. The van der Waals surface area contributed by atoms with E-state index in [0.717, 1.165) is 47.1 Å². The number of rotatable bonds is 3. The lowest BCUT2D eigenvalue weighted by molar-refractivity contribution is 0.0711. The van der Waals surface area contributed by atoms with Crippen LogP contribution in [0.5, 0.6) is 0 Å². The van der Waals surface area contributed by atoms with Gasteiger partial charge in [0.25, 0.3) is 5.91 Å². The molecule has 7 nitrogen and oxygen atoms in total. The van der Waals surface area contributed by atoms with Gasteiger partial charge in [-0.1, -0.05) is 5.16 Å². The molecule has 0 atom stereocenters. The number of carbonyl (C=O) groups excluding carboxylic acids is 1. The zero-order chi connectivity index (χ0) is 19.7. The highest BCUT2D eigenvalue weighted by molar-refractivity contribution is 5.93. The van der Waals surface area contributed by atoms with E-state index in [0.29, 0.717) is 24.6 Å². The molecule has 0 aliphatic carbocycles. The largest absolute Gasteiger partial charge is 0.361 e. The van der Waals surface area contributed by atoms with Crippen LogP contribution in [0.4, 0.5) is 0 Å². The first-order valence-electron chi connectivity index (χ1n) is 9.51. The summed E-state index contributed by atoms with van der Waals surface area (Å²) in [5.41, 5.74) is 4.29. The van der Waals surface area contributed by atoms with E-state index in [2.05, 4.69) is 20.1 Å². The van der Waals surface area contributed by atoms with Crippen LogP contribution >= 0.6 is 0 Å². The minimum atomic E-state index is 0.0434. The highest BCUT2D eigenvalue weighted by Gasteiger charge is 2.26. The van der Waals surface area contributed by atoms with Crippen molar-refractivity contribution in [2.45, 2.75) is 39.5 Å². The summed E-state index contributed by atoms with van der Waals surface area (Å²) in [5, 5.41) is 4.04. The van der Waals surface area contributed by atoms with Crippen molar-refractivity contribution < 1.29 is 9.32 Å². The third-order valence-corrected chi connectivity index (χ3v) is 5.26. The van der Waals surface area contributed by atoms with Gasteiger partial charge in [-0.15, -0.1) is 0 Å². The number of aromatic nitrogens is 4. The van der Waals surface area contributed by atoms with Gasteiger partial charge in [-0.3, -0.25) is 9.78 Å². The molecule has 1 aliphatic heterocycles. The number of pyridine rings is 1. The molecule has 7 heteroatoms. The summed E-state index contributed by atoms with van der Waals surface area (Å²) in [6.07, 6.45) is 5.06. The summed E-state index contributed by atoms with van der Waals surface area (Å²) >= 11 is 0. The van der Waals surface area contributed by atoms with Gasteiger partial charge in [0.2, 0.25) is 0 Å². The third-order valence-electron chi connectivity index (χ3n) is 5.26. The van der Waals surface area contributed by atoms with Crippen LogP contribution in [-0.4, -0.2) is 44.0 Å². The summed E-state index contributed by atoms with van der Waals surface area (Å²) in [4.78, 5) is 27.8. The Hall–Kier alpha value is -3.09. The van der Waals surface area contributed by atoms with Crippen molar-refractivity contribution in [1.82, 2.24) is 25.0 Å². The number of aryl methyl sites for hydroxylation is 3. The van der Waals surface area contributed by atoms with Crippen molar-refractivity contribution in [3.8, 4) is 11.3 Å². The van der Waals surface area contributed by atoms with Crippen LogP contribution in [0.15, 0.2) is 35.1 Å². The van der Waals surface area contributed by atoms with Gasteiger partial charge in [0.15, 0.2) is 0 Å². The second-order valence-corrected chi connectivity index (χ2v) is 7.23. The maximum atomic E-state index is 12.6. The molecule has 0 bridgehead atoms. The lowest BCUT2D eigenvalue weighted by atomic mass is 9.92. The Morgan fingerprint density at radius 1 is 1.18 bits per heavy atom. The van der Waals surface area contributed by atoms with Gasteiger partial charge >= 0.3 is 0 Å². The molecule has 3 aromatic rings. The quantitative estimate of drug-likeness (QED) is 0.695. The van der Waals surface area contributed by atoms with Gasteiger partial charge in [-0.05, 0) is 51.8 Å². The number of carbonyl (C=O) groups is 1. The van der Waals surface area contributed by atoms with Crippen molar-refractivity contribution in [2.75, 3.05) is 13.1 Å². The minimum absolute atomic E-state index is 0.0434. The number of amides is 1. The Kier molecular flexibility index (Phi) is 4.90. The molecule has 1 saturated heterocycles. The van der Waals surface area contributed by atoms with Crippen LogP contribution in [0.25, 0.3) is 11.3 Å². The van der Waals surface area contributed by atoms with E-state index >= 15 is 0 Å². The first-order valence-corrected chi connectivity index (χ1v) is 9.51. The first kappa shape index (κ1) is 18.3. The Bertz CT molecular complexity index is 972. The highest BCUT2D eigenvalue weighted by atomic mass is 16.5. The van der Waals surface area contributed by atoms with Gasteiger partial charge in [0.05, 0.1) is 22.5 Å². The number of nitrogens with zero attached hydrogens (tertiary/aromatic N) is 5. The summed E-state index contributed by atoms with van der Waals surface area (Å²) < 4.78 is 5.30. The highest BCUT2D eigenvalue weighted by Crippen LogP contribution is 2.31. The van der Waals surface area contributed by atoms with Crippen LogP contribution in [0.3, 0.4) is 0 Å². The maximum Gasteiger partial charge on any atom is 0.255 e. The van der Waals surface area contributed by atoms with Crippen molar-refractivity contribution in [3.63, 3.8) is 0 Å². The zero-order valence-electron chi connectivity index (χ0n) is 16.3. The summed E-state index contributed by atoms with van der Waals surface area (Å²) in [5.74, 6) is 1.85. The van der Waals surface area contributed by atoms with Crippen molar-refractivity contribution in [3.05, 3.63) is 59.1 Å². The summed E-state index contributed by atoms with van der Waals surface area (Å²) in [6, 6.07) is 5.65. The van der Waals surface area contributed by atoms with E-state index in [1.807, 2.05) is 37.8 Å². The Morgan fingerprint density at radius 2 is 1.96 bits per heavy atom. The van der Waals surface area contributed by atoms with Gasteiger partial charge < -0.3 is 9.42 Å². The number of likely N-dealkylation sites (tertiary alicyclic amines) is 1. The molecule has 1 amide bonds. The van der Waals surface area contributed by atoms with E-state index in [9.17, 15) is 4.79 Å². The van der Waals surface area contributed by atoms with E-state index in [-0.39, 0.29) is 5.91 Å². The molecule has 0 spiro atoms. The predicted octanol–water partition coefficient (Wildman–Crippen LogP) is 3.47. The molecule has 0 aromatic carbocycles. The molecule has 0 saturated carbocycles. The summed E-state index contributed by atoms with van der Waals surface area (Å²) in [7, 11) is 0. The normalized spacial score (nSPS) is 15.0. The molecule has 28 heavy (non-hydrogen) atoms. The van der Waals surface area contributed by atoms with Crippen molar-refractivity contribution >= 4 is 5.91 Å². The molecular formula is C21H23N5O2. The fraction of sp³-hybridized carbons (Fsp3) is 0.381. The molecule has 4 heterocycles. The van der Waals surface area contributed by atoms with Gasteiger partial charge in [0, 0.05) is 37.1 Å². The molecule has 4 rings (SSSR count). The average Bonchev–Trinajstić information content (AvgIpc) is 3.06. The molecule has 3 aromatic heterocycles. The van der Waals surface area contributed by atoms with Crippen LogP contribution in [-0.2, 0) is 0 Å². The average molecular weight is 377 g/mol. The molecular weight excluding hydrogens is 354 g/mol. The predicted molar refractivity (Wildman–Crippen MR) is 104 cm³/mol. The van der Waals surface area contributed by atoms with E-state index < -0.39 is 0 Å². The molecule has 0 unspecified atom stereocenters. The van der Waals surface area contributed by atoms with Crippen LogP contribution < -0.4 is 0 Å². The van der Waals surface area contributed by atoms with E-state index in [1.165, 1.54) is 0 Å². The number of piperidine rings is 1. The van der Waals surface area contributed by atoms with Gasteiger partial charge in [0.1, 0.15) is 11.6 Å². The Morgan fingerprint density at radius 3 is 2.61 bits per heavy atom. The SMILES string of the molecule is Cc1nc(-c2c(C)noc2C)cc(C2CCN(C(=O)c3cccnc3)CC2)n1. The lowest BCUT2D eigenvalue weighted by Crippen LogP contribution is -2.38. The Balaban J connectivity index is 1.51. The van der Waals surface area contributed by atoms with E-state index in [1.54, 1.807) is 18.5 Å². The molecule has 1 aliphatic rings. The monoisotopic (exact) mass is 377 g/mol. The molecule has 1 fully saturated rings. The second kappa shape index (κ2) is 7.50. The van der Waals surface area contributed by atoms with Crippen LogP contribution in [0.1, 0.15) is 52.1 Å². The lowest BCUT2D eigenvalue weighted by Gasteiger charge is -2.32. The van der Waals surface area contributed by atoms with Crippen LogP contribution in [0.2, 0.25) is 0 Å². The topological polar surface area (TPSA) is 85.0 Å². The second-order valence-electron chi connectivity index (χ2n) is 7.23. The van der Waals surface area contributed by atoms with Crippen molar-refractivity contribution in [1.29, 1.82) is 0 Å². The number of hydrogen-bond acceptors (Lipinski definition) is 6. The standard InChI is InChI=1S/C21H23N5O2/c1-13-20(14(2)28-25-13)19-11-18(23-15(3)24-19)16-6-9-26(10-7-16)21(27)17-5-4-8-22-12-17/h4-5,8,11-12,16H,6-7,9-10H2,1-3H3. The van der Waals surface area contributed by atoms with Crippen molar-refractivity contribution in [2.24, 2.45) is 0 Å². The minimum Gasteiger partial charge on any atom is -0.361 e. The van der Waals surface area contributed by atoms with Gasteiger partial charge in [-0.2, -0.15) is 0 Å². The Labute approximate surface area is 163 Å². The fourth-order valence-corrected chi connectivity index (χ4v) is 3.83. The fourth-order valence-electron chi connectivity index (χ4n) is 3.83.